The van der Waals surface area contributed by atoms with Crippen LogP contribution >= 0.6 is 11.3 Å². The van der Waals surface area contributed by atoms with Crippen LogP contribution in [-0.2, 0) is 19.7 Å². The highest BCUT2D eigenvalue weighted by Gasteiger charge is 2.27. The standard InChI is InChI=1S/C21H18N4O5S2/c1-25(30-2)21(27)13-3-5-14(6-4-13)24-32(28,29)15-7-8-18-16(11-15)17(20(26)23-18)12-19-22-9-10-31-19/h3-12,24H,1-2H3,(H,23,26)/b17-12+. The molecule has 0 bridgehead atoms. The van der Waals surface area contributed by atoms with Gasteiger partial charge in [0.05, 0.1) is 17.6 Å². The number of anilines is 2. The number of hydrogen-bond donors (Lipinski definition) is 2. The van der Waals surface area contributed by atoms with Crippen molar-refractivity contribution in [3.05, 3.63) is 70.2 Å². The molecule has 32 heavy (non-hydrogen) atoms. The van der Waals surface area contributed by atoms with Gasteiger partial charge in [-0.25, -0.2) is 18.5 Å². The molecule has 0 spiro atoms. The zero-order chi connectivity index (χ0) is 22.9. The monoisotopic (exact) mass is 470 g/mol. The van der Waals surface area contributed by atoms with E-state index in [0.29, 0.717) is 27.4 Å². The molecule has 0 fully saturated rings. The lowest BCUT2D eigenvalue weighted by Gasteiger charge is -2.14. The Labute approximate surface area is 188 Å². The van der Waals surface area contributed by atoms with E-state index >= 15 is 0 Å². The molecule has 0 atom stereocenters. The first-order chi connectivity index (χ1) is 15.3. The first kappa shape index (κ1) is 21.7. The van der Waals surface area contributed by atoms with Crippen molar-refractivity contribution >= 4 is 56.2 Å². The normalized spacial score (nSPS) is 14.2. The zero-order valence-corrected chi connectivity index (χ0v) is 18.7. The molecule has 4 rings (SSSR count). The van der Waals surface area contributed by atoms with Gasteiger partial charge in [-0.3, -0.25) is 19.1 Å². The van der Waals surface area contributed by atoms with Crippen LogP contribution < -0.4 is 10.0 Å². The van der Waals surface area contributed by atoms with Gasteiger partial charge in [0.15, 0.2) is 0 Å². The summed E-state index contributed by atoms with van der Waals surface area (Å²) in [5.41, 5.74) is 1.99. The van der Waals surface area contributed by atoms with Crippen LogP contribution in [0.1, 0.15) is 20.9 Å². The minimum absolute atomic E-state index is 0.00272. The van der Waals surface area contributed by atoms with Crippen LogP contribution in [-0.4, -0.2) is 44.4 Å². The van der Waals surface area contributed by atoms with Crippen LogP contribution in [0.2, 0.25) is 0 Å². The number of hydrogen-bond acceptors (Lipinski definition) is 7. The Morgan fingerprint density at radius 1 is 1.22 bits per heavy atom. The Morgan fingerprint density at radius 2 is 1.97 bits per heavy atom. The van der Waals surface area contributed by atoms with Crippen molar-refractivity contribution in [2.75, 3.05) is 24.2 Å². The zero-order valence-electron chi connectivity index (χ0n) is 17.0. The molecular formula is C21H18N4O5S2. The third-order valence-corrected chi connectivity index (χ3v) is 6.85. The molecule has 164 valence electrons. The van der Waals surface area contributed by atoms with Gasteiger partial charge in [-0.05, 0) is 48.5 Å². The predicted octanol–water partition coefficient (Wildman–Crippen LogP) is 3.07. The predicted molar refractivity (Wildman–Crippen MR) is 121 cm³/mol. The number of fused-ring (bicyclic) bond motifs is 1. The van der Waals surface area contributed by atoms with Crippen LogP contribution in [0.3, 0.4) is 0 Å². The number of nitrogens with zero attached hydrogens (tertiary/aromatic N) is 2. The molecule has 3 aromatic rings. The molecule has 2 N–H and O–H groups in total. The second kappa shape index (κ2) is 8.54. The van der Waals surface area contributed by atoms with Crippen molar-refractivity contribution < 1.29 is 22.8 Å². The number of rotatable bonds is 6. The van der Waals surface area contributed by atoms with Crippen LogP contribution in [0.5, 0.6) is 0 Å². The van der Waals surface area contributed by atoms with Crippen LogP contribution in [0, 0.1) is 0 Å². The number of thiazole rings is 1. The Kier molecular flexibility index (Phi) is 5.78. The lowest BCUT2D eigenvalue weighted by molar-refractivity contribution is -0.110. The first-order valence-corrected chi connectivity index (χ1v) is 11.7. The summed E-state index contributed by atoms with van der Waals surface area (Å²) >= 11 is 1.37. The molecule has 0 aliphatic carbocycles. The molecule has 0 saturated carbocycles. The highest BCUT2D eigenvalue weighted by Crippen LogP contribution is 2.35. The second-order valence-electron chi connectivity index (χ2n) is 6.76. The summed E-state index contributed by atoms with van der Waals surface area (Å²) < 4.78 is 28.4. The molecular weight excluding hydrogens is 452 g/mol. The molecule has 9 nitrogen and oxygen atoms in total. The maximum absolute atomic E-state index is 12.9. The van der Waals surface area contributed by atoms with E-state index in [-0.39, 0.29) is 22.4 Å². The summed E-state index contributed by atoms with van der Waals surface area (Å²) in [6.07, 6.45) is 3.25. The first-order valence-electron chi connectivity index (χ1n) is 9.30. The van der Waals surface area contributed by atoms with E-state index in [4.69, 9.17) is 4.84 Å². The highest BCUT2D eigenvalue weighted by molar-refractivity contribution is 7.92. The molecule has 1 aromatic heterocycles. The van der Waals surface area contributed by atoms with Crippen LogP contribution in [0.4, 0.5) is 11.4 Å². The molecule has 0 unspecified atom stereocenters. The third-order valence-electron chi connectivity index (χ3n) is 4.75. The number of carbonyl (C=O) groups is 2. The third kappa shape index (κ3) is 4.26. The minimum Gasteiger partial charge on any atom is -0.321 e. The average molecular weight is 471 g/mol. The quantitative estimate of drug-likeness (QED) is 0.422. The summed E-state index contributed by atoms with van der Waals surface area (Å²) in [5, 5.41) is 6.22. The Balaban J connectivity index is 1.60. The van der Waals surface area contributed by atoms with Crippen molar-refractivity contribution in [3.8, 4) is 0 Å². The number of aromatic nitrogens is 1. The molecule has 2 heterocycles. The molecule has 1 aliphatic heterocycles. The van der Waals surface area contributed by atoms with Crippen molar-refractivity contribution in [2.45, 2.75) is 4.90 Å². The summed E-state index contributed by atoms with van der Waals surface area (Å²) in [7, 11) is -1.09. The molecule has 11 heteroatoms. The van der Waals surface area contributed by atoms with E-state index in [9.17, 15) is 18.0 Å². The number of benzene rings is 2. The largest absolute Gasteiger partial charge is 0.321 e. The van der Waals surface area contributed by atoms with Crippen molar-refractivity contribution in [1.29, 1.82) is 0 Å². The smallest absolute Gasteiger partial charge is 0.277 e. The number of carbonyl (C=O) groups excluding carboxylic acids is 2. The van der Waals surface area contributed by atoms with Gasteiger partial charge in [0.2, 0.25) is 0 Å². The summed E-state index contributed by atoms with van der Waals surface area (Å²) in [4.78, 5) is 33.5. The lowest BCUT2D eigenvalue weighted by atomic mass is 10.1. The summed E-state index contributed by atoms with van der Waals surface area (Å²) in [6.45, 7) is 0. The van der Waals surface area contributed by atoms with Crippen LogP contribution in [0.25, 0.3) is 11.6 Å². The van der Waals surface area contributed by atoms with E-state index < -0.39 is 10.0 Å². The van der Waals surface area contributed by atoms with Gasteiger partial charge in [0.25, 0.3) is 21.8 Å². The van der Waals surface area contributed by atoms with Gasteiger partial charge in [-0.15, -0.1) is 11.3 Å². The molecule has 0 saturated heterocycles. The fraction of sp³-hybridized carbons (Fsp3) is 0.0952. The SMILES string of the molecule is CON(C)C(=O)c1ccc(NS(=O)(=O)c2ccc3c(c2)/C(=C\c2nccs2)C(=O)N3)cc1. The fourth-order valence-corrected chi connectivity index (χ4v) is 4.72. The summed E-state index contributed by atoms with van der Waals surface area (Å²) in [6, 6.07) is 10.4. The molecule has 0 radical (unpaired) electrons. The Hall–Kier alpha value is -3.54. The average Bonchev–Trinajstić information content (AvgIpc) is 3.40. The lowest BCUT2D eigenvalue weighted by Crippen LogP contribution is -2.25. The maximum Gasteiger partial charge on any atom is 0.277 e. The molecule has 2 amide bonds. The van der Waals surface area contributed by atoms with E-state index in [1.54, 1.807) is 23.7 Å². The van der Waals surface area contributed by atoms with Crippen LogP contribution in [0.15, 0.2) is 58.9 Å². The van der Waals surface area contributed by atoms with Gasteiger partial charge in [-0.2, -0.15) is 0 Å². The van der Waals surface area contributed by atoms with E-state index in [1.807, 2.05) is 0 Å². The minimum atomic E-state index is -3.94. The van der Waals surface area contributed by atoms with Gasteiger partial charge < -0.3 is 5.32 Å². The Bertz CT molecular complexity index is 1320. The van der Waals surface area contributed by atoms with Gasteiger partial charge in [-0.1, -0.05) is 0 Å². The highest BCUT2D eigenvalue weighted by atomic mass is 32.2. The number of hydroxylamine groups is 2. The number of amides is 2. The number of sulfonamides is 1. The summed E-state index contributed by atoms with van der Waals surface area (Å²) in [5.74, 6) is -0.684. The van der Waals surface area contributed by atoms with Gasteiger partial charge >= 0.3 is 0 Å². The number of nitrogens with one attached hydrogen (secondary N) is 2. The molecule has 2 aromatic carbocycles. The maximum atomic E-state index is 12.9. The Morgan fingerprint density at radius 3 is 2.62 bits per heavy atom. The van der Waals surface area contributed by atoms with Crippen molar-refractivity contribution in [3.63, 3.8) is 0 Å². The second-order valence-corrected chi connectivity index (χ2v) is 9.37. The van der Waals surface area contributed by atoms with Gasteiger partial charge in [0.1, 0.15) is 5.01 Å². The van der Waals surface area contributed by atoms with E-state index in [2.05, 4.69) is 15.0 Å². The van der Waals surface area contributed by atoms with Crippen molar-refractivity contribution in [1.82, 2.24) is 10.0 Å². The topological polar surface area (TPSA) is 118 Å². The van der Waals surface area contributed by atoms with E-state index in [1.165, 1.54) is 61.9 Å². The van der Waals surface area contributed by atoms with E-state index in [0.717, 1.165) is 5.06 Å². The van der Waals surface area contributed by atoms with Crippen molar-refractivity contribution in [2.24, 2.45) is 0 Å². The fourth-order valence-electron chi connectivity index (χ4n) is 3.07. The molecule has 1 aliphatic rings. The van der Waals surface area contributed by atoms with Gasteiger partial charge in [0, 0.05) is 41.1 Å².